The van der Waals surface area contributed by atoms with Crippen LogP contribution >= 0.6 is 0 Å². The predicted molar refractivity (Wildman–Crippen MR) is 63.7 cm³/mol. The molecule has 0 bridgehead atoms. The van der Waals surface area contributed by atoms with Gasteiger partial charge in [-0.25, -0.2) is 0 Å². The second-order valence-electron chi connectivity index (χ2n) is 4.16. The van der Waals surface area contributed by atoms with Crippen molar-refractivity contribution in [2.45, 2.75) is 25.5 Å². The van der Waals surface area contributed by atoms with Gasteiger partial charge in [-0.1, -0.05) is 12.1 Å². The molecular weight excluding hydrogens is 202 g/mol. The fourth-order valence-electron chi connectivity index (χ4n) is 1.98. The van der Waals surface area contributed by atoms with Crippen LogP contribution in [-0.2, 0) is 11.3 Å². The van der Waals surface area contributed by atoms with Gasteiger partial charge in [0.2, 0.25) is 0 Å². The number of ether oxygens (including phenoxy) is 2. The minimum Gasteiger partial charge on any atom is -0.497 e. The normalized spacial score (nSPS) is 19.9. The van der Waals surface area contributed by atoms with Crippen LogP contribution in [0.3, 0.4) is 0 Å². The van der Waals surface area contributed by atoms with Crippen LogP contribution in [0.5, 0.6) is 5.75 Å². The highest BCUT2D eigenvalue weighted by atomic mass is 16.5. The molecule has 1 unspecified atom stereocenters. The van der Waals surface area contributed by atoms with Gasteiger partial charge in [-0.05, 0) is 37.1 Å². The van der Waals surface area contributed by atoms with Gasteiger partial charge in [0, 0.05) is 6.04 Å². The molecule has 0 saturated carbocycles. The van der Waals surface area contributed by atoms with Crippen LogP contribution in [0.25, 0.3) is 0 Å². The molecule has 0 spiro atoms. The highest BCUT2D eigenvalue weighted by Gasteiger charge is 2.13. The largest absolute Gasteiger partial charge is 0.497 e. The minimum absolute atomic E-state index is 0.547. The van der Waals surface area contributed by atoms with Crippen molar-refractivity contribution < 1.29 is 9.47 Å². The Morgan fingerprint density at radius 2 is 2.38 bits per heavy atom. The average Bonchev–Trinajstić information content (AvgIpc) is 2.82. The summed E-state index contributed by atoms with van der Waals surface area (Å²) in [6.07, 6.45) is 2.51. The van der Waals surface area contributed by atoms with E-state index in [2.05, 4.69) is 11.4 Å². The molecule has 1 aromatic carbocycles. The van der Waals surface area contributed by atoms with E-state index in [0.717, 1.165) is 24.5 Å². The molecule has 0 aromatic heterocycles. The standard InChI is InChI=1S/C13H19NO2/c1-15-13-6-2-4-11(8-13)9-16-10-12-5-3-7-14-12/h2,4,6,8,12,14H,3,5,7,9-10H2,1H3. The average molecular weight is 221 g/mol. The highest BCUT2D eigenvalue weighted by molar-refractivity contribution is 5.27. The Labute approximate surface area is 96.8 Å². The quantitative estimate of drug-likeness (QED) is 0.824. The summed E-state index contributed by atoms with van der Waals surface area (Å²) in [5, 5.41) is 3.42. The molecule has 1 heterocycles. The third kappa shape index (κ3) is 3.22. The second kappa shape index (κ2) is 5.87. The van der Waals surface area contributed by atoms with E-state index in [1.807, 2.05) is 18.2 Å². The zero-order chi connectivity index (χ0) is 11.2. The van der Waals surface area contributed by atoms with E-state index in [1.54, 1.807) is 7.11 Å². The van der Waals surface area contributed by atoms with Gasteiger partial charge in [0.1, 0.15) is 5.75 Å². The molecular formula is C13H19NO2. The smallest absolute Gasteiger partial charge is 0.119 e. The maximum Gasteiger partial charge on any atom is 0.119 e. The van der Waals surface area contributed by atoms with Gasteiger partial charge in [0.15, 0.2) is 0 Å². The Kier molecular flexibility index (Phi) is 4.19. The molecule has 1 aromatic rings. The Bertz CT molecular complexity index is 321. The summed E-state index contributed by atoms with van der Waals surface area (Å²) in [6, 6.07) is 8.56. The first kappa shape index (κ1) is 11.4. The SMILES string of the molecule is COc1cccc(COCC2CCCN2)c1. The third-order valence-electron chi connectivity index (χ3n) is 2.88. The number of hydrogen-bond acceptors (Lipinski definition) is 3. The summed E-state index contributed by atoms with van der Waals surface area (Å²) in [4.78, 5) is 0. The molecule has 0 aliphatic carbocycles. The van der Waals surface area contributed by atoms with Crippen molar-refractivity contribution in [3.8, 4) is 5.75 Å². The maximum absolute atomic E-state index is 5.69. The molecule has 1 N–H and O–H groups in total. The van der Waals surface area contributed by atoms with Gasteiger partial charge >= 0.3 is 0 Å². The van der Waals surface area contributed by atoms with Crippen molar-refractivity contribution >= 4 is 0 Å². The van der Waals surface area contributed by atoms with E-state index in [0.29, 0.717) is 12.6 Å². The Morgan fingerprint density at radius 3 is 3.12 bits per heavy atom. The molecule has 3 heteroatoms. The van der Waals surface area contributed by atoms with Crippen molar-refractivity contribution in [3.05, 3.63) is 29.8 Å². The summed E-state index contributed by atoms with van der Waals surface area (Å²) >= 11 is 0. The molecule has 88 valence electrons. The summed E-state index contributed by atoms with van der Waals surface area (Å²) in [7, 11) is 1.68. The number of hydrogen-bond donors (Lipinski definition) is 1. The molecule has 1 atom stereocenters. The van der Waals surface area contributed by atoms with Crippen LogP contribution in [0.15, 0.2) is 24.3 Å². The van der Waals surface area contributed by atoms with Crippen LogP contribution in [-0.4, -0.2) is 26.3 Å². The molecule has 1 aliphatic rings. The summed E-state index contributed by atoms with van der Waals surface area (Å²) < 4.78 is 10.9. The fraction of sp³-hybridized carbons (Fsp3) is 0.538. The zero-order valence-corrected chi connectivity index (χ0v) is 9.74. The molecule has 1 fully saturated rings. The van der Waals surface area contributed by atoms with Crippen molar-refractivity contribution in [2.24, 2.45) is 0 Å². The van der Waals surface area contributed by atoms with E-state index in [4.69, 9.17) is 9.47 Å². The lowest BCUT2D eigenvalue weighted by atomic mass is 10.2. The van der Waals surface area contributed by atoms with E-state index in [9.17, 15) is 0 Å². The molecule has 0 radical (unpaired) electrons. The monoisotopic (exact) mass is 221 g/mol. The van der Waals surface area contributed by atoms with E-state index >= 15 is 0 Å². The first-order chi connectivity index (χ1) is 7.88. The van der Waals surface area contributed by atoms with E-state index in [-0.39, 0.29) is 0 Å². The van der Waals surface area contributed by atoms with Crippen LogP contribution in [0.2, 0.25) is 0 Å². The van der Waals surface area contributed by atoms with Gasteiger partial charge in [-0.3, -0.25) is 0 Å². The van der Waals surface area contributed by atoms with Crippen LogP contribution in [0, 0.1) is 0 Å². The molecule has 0 amide bonds. The van der Waals surface area contributed by atoms with Crippen molar-refractivity contribution in [3.63, 3.8) is 0 Å². The molecule has 1 saturated heterocycles. The first-order valence-electron chi connectivity index (χ1n) is 5.82. The van der Waals surface area contributed by atoms with Gasteiger partial charge in [-0.15, -0.1) is 0 Å². The van der Waals surface area contributed by atoms with Gasteiger partial charge < -0.3 is 14.8 Å². The van der Waals surface area contributed by atoms with Crippen molar-refractivity contribution in [1.29, 1.82) is 0 Å². The summed E-state index contributed by atoms with van der Waals surface area (Å²) in [6.45, 7) is 2.60. The Hall–Kier alpha value is -1.06. The topological polar surface area (TPSA) is 30.5 Å². The first-order valence-corrected chi connectivity index (χ1v) is 5.82. The predicted octanol–water partition coefficient (Wildman–Crippen LogP) is 1.96. The van der Waals surface area contributed by atoms with Crippen LogP contribution in [0.1, 0.15) is 18.4 Å². The summed E-state index contributed by atoms with van der Waals surface area (Å²) in [5.41, 5.74) is 1.16. The maximum atomic E-state index is 5.69. The lowest BCUT2D eigenvalue weighted by Gasteiger charge is -2.11. The zero-order valence-electron chi connectivity index (χ0n) is 9.74. The van der Waals surface area contributed by atoms with Crippen molar-refractivity contribution in [2.75, 3.05) is 20.3 Å². The van der Waals surface area contributed by atoms with E-state index in [1.165, 1.54) is 12.8 Å². The van der Waals surface area contributed by atoms with Gasteiger partial charge in [0.25, 0.3) is 0 Å². The Balaban J connectivity index is 1.75. The summed E-state index contributed by atoms with van der Waals surface area (Å²) in [5.74, 6) is 0.889. The number of rotatable bonds is 5. The lowest BCUT2D eigenvalue weighted by Crippen LogP contribution is -2.26. The second-order valence-corrected chi connectivity index (χ2v) is 4.16. The molecule has 16 heavy (non-hydrogen) atoms. The molecule has 2 rings (SSSR count). The van der Waals surface area contributed by atoms with Gasteiger partial charge in [0.05, 0.1) is 20.3 Å². The lowest BCUT2D eigenvalue weighted by molar-refractivity contribution is 0.103. The van der Waals surface area contributed by atoms with Crippen LogP contribution < -0.4 is 10.1 Å². The number of methoxy groups -OCH3 is 1. The van der Waals surface area contributed by atoms with Crippen molar-refractivity contribution in [1.82, 2.24) is 5.32 Å². The minimum atomic E-state index is 0.547. The number of benzene rings is 1. The highest BCUT2D eigenvalue weighted by Crippen LogP contribution is 2.13. The Morgan fingerprint density at radius 1 is 1.44 bits per heavy atom. The fourth-order valence-corrected chi connectivity index (χ4v) is 1.98. The van der Waals surface area contributed by atoms with Crippen LogP contribution in [0.4, 0.5) is 0 Å². The molecule has 3 nitrogen and oxygen atoms in total. The third-order valence-corrected chi connectivity index (χ3v) is 2.88. The van der Waals surface area contributed by atoms with Gasteiger partial charge in [-0.2, -0.15) is 0 Å². The van der Waals surface area contributed by atoms with E-state index < -0.39 is 0 Å². The number of nitrogens with one attached hydrogen (secondary N) is 1. The molecule has 1 aliphatic heterocycles.